The molecule has 0 atom stereocenters. The molecule has 3 N–H and O–H groups in total. The molecule has 0 aliphatic heterocycles. The highest BCUT2D eigenvalue weighted by molar-refractivity contribution is 6.31. The van der Waals surface area contributed by atoms with Crippen LogP contribution in [0.15, 0.2) is 12.1 Å². The highest BCUT2D eigenvalue weighted by atomic mass is 35.5. The van der Waals surface area contributed by atoms with Crippen molar-refractivity contribution in [1.82, 2.24) is 5.32 Å². The third-order valence-electron chi connectivity index (χ3n) is 2.42. The van der Waals surface area contributed by atoms with Crippen molar-refractivity contribution in [2.75, 3.05) is 13.1 Å². The Labute approximate surface area is 105 Å². The lowest BCUT2D eigenvalue weighted by molar-refractivity contribution is -0.120. The van der Waals surface area contributed by atoms with Crippen LogP contribution in [0.3, 0.4) is 0 Å². The van der Waals surface area contributed by atoms with Crippen LogP contribution >= 0.6 is 11.6 Å². The van der Waals surface area contributed by atoms with E-state index in [9.17, 15) is 9.18 Å². The van der Waals surface area contributed by atoms with Gasteiger partial charge in [0.15, 0.2) is 0 Å². The Hall–Kier alpha value is -1.13. The Morgan fingerprint density at radius 1 is 1.53 bits per heavy atom. The molecule has 17 heavy (non-hydrogen) atoms. The van der Waals surface area contributed by atoms with Crippen molar-refractivity contribution < 1.29 is 9.18 Å². The molecule has 0 fully saturated rings. The molecular weight excluding hydrogens is 243 g/mol. The van der Waals surface area contributed by atoms with Crippen molar-refractivity contribution in [2.45, 2.75) is 19.8 Å². The maximum atomic E-state index is 13.3. The van der Waals surface area contributed by atoms with Crippen LogP contribution in [-0.4, -0.2) is 19.0 Å². The van der Waals surface area contributed by atoms with Gasteiger partial charge in [-0.1, -0.05) is 11.6 Å². The van der Waals surface area contributed by atoms with E-state index in [-0.39, 0.29) is 11.7 Å². The lowest BCUT2D eigenvalue weighted by atomic mass is 10.1. The highest BCUT2D eigenvalue weighted by Gasteiger charge is 2.06. The van der Waals surface area contributed by atoms with Crippen LogP contribution in [0, 0.1) is 12.7 Å². The first kappa shape index (κ1) is 13.9. The number of carbonyl (C=O) groups is 1. The molecule has 0 heterocycles. The molecule has 1 amide bonds. The summed E-state index contributed by atoms with van der Waals surface area (Å²) in [6.07, 6.45) is 0.808. The maximum Gasteiger partial charge on any atom is 0.221 e. The van der Waals surface area contributed by atoms with E-state index in [0.717, 1.165) is 0 Å². The maximum absolute atomic E-state index is 13.3. The molecule has 94 valence electrons. The lowest BCUT2D eigenvalue weighted by Gasteiger charge is -2.07. The Balaban J connectivity index is 2.52. The van der Waals surface area contributed by atoms with E-state index in [0.29, 0.717) is 42.1 Å². The summed E-state index contributed by atoms with van der Waals surface area (Å²) in [5.41, 5.74) is 6.46. The summed E-state index contributed by atoms with van der Waals surface area (Å²) >= 11 is 5.98. The standard InChI is InChI=1S/C12H16ClFN2O/c1-8-6-10(13)9(7-11(8)14)3-5-16-12(17)2-4-15/h6-7H,2-5,15H2,1H3,(H,16,17). The van der Waals surface area contributed by atoms with Gasteiger partial charge in [-0.05, 0) is 36.6 Å². The predicted molar refractivity (Wildman–Crippen MR) is 66.5 cm³/mol. The topological polar surface area (TPSA) is 55.1 Å². The van der Waals surface area contributed by atoms with Gasteiger partial charge in [0.25, 0.3) is 0 Å². The third-order valence-corrected chi connectivity index (χ3v) is 2.77. The third kappa shape index (κ3) is 4.32. The second-order valence-electron chi connectivity index (χ2n) is 3.83. The number of benzene rings is 1. The van der Waals surface area contributed by atoms with Crippen LogP contribution in [0.25, 0.3) is 0 Å². The molecule has 0 aromatic heterocycles. The van der Waals surface area contributed by atoms with E-state index >= 15 is 0 Å². The molecule has 1 aromatic rings. The molecular formula is C12H16ClFN2O. The number of hydrogen-bond donors (Lipinski definition) is 2. The van der Waals surface area contributed by atoms with Gasteiger partial charge < -0.3 is 11.1 Å². The van der Waals surface area contributed by atoms with Gasteiger partial charge in [-0.15, -0.1) is 0 Å². The van der Waals surface area contributed by atoms with E-state index in [2.05, 4.69) is 5.32 Å². The van der Waals surface area contributed by atoms with Gasteiger partial charge >= 0.3 is 0 Å². The molecule has 3 nitrogen and oxygen atoms in total. The molecule has 0 unspecified atom stereocenters. The molecule has 0 bridgehead atoms. The Morgan fingerprint density at radius 2 is 2.24 bits per heavy atom. The molecule has 0 aliphatic rings. The van der Waals surface area contributed by atoms with E-state index in [1.807, 2.05) is 0 Å². The first-order valence-electron chi connectivity index (χ1n) is 5.46. The van der Waals surface area contributed by atoms with Gasteiger partial charge in [-0.3, -0.25) is 4.79 Å². The van der Waals surface area contributed by atoms with Gasteiger partial charge in [-0.25, -0.2) is 4.39 Å². The number of nitrogens with one attached hydrogen (secondary N) is 1. The smallest absolute Gasteiger partial charge is 0.221 e. The first-order chi connectivity index (χ1) is 8.04. The van der Waals surface area contributed by atoms with E-state index in [1.54, 1.807) is 13.0 Å². The van der Waals surface area contributed by atoms with Crippen molar-refractivity contribution in [3.05, 3.63) is 34.1 Å². The van der Waals surface area contributed by atoms with Crippen molar-refractivity contribution in [2.24, 2.45) is 5.73 Å². The molecule has 0 saturated heterocycles. The summed E-state index contributed by atoms with van der Waals surface area (Å²) in [7, 11) is 0. The zero-order valence-corrected chi connectivity index (χ0v) is 10.5. The fourth-order valence-electron chi connectivity index (χ4n) is 1.44. The number of halogens is 2. The van der Waals surface area contributed by atoms with Crippen molar-refractivity contribution in [3.63, 3.8) is 0 Å². The minimum atomic E-state index is -0.280. The van der Waals surface area contributed by atoms with Crippen molar-refractivity contribution >= 4 is 17.5 Å². The molecule has 0 aliphatic carbocycles. The number of amides is 1. The largest absolute Gasteiger partial charge is 0.356 e. The second kappa shape index (κ2) is 6.57. The first-order valence-corrected chi connectivity index (χ1v) is 5.83. The molecule has 0 spiro atoms. The van der Waals surface area contributed by atoms with Crippen LogP contribution in [0.1, 0.15) is 17.5 Å². The minimum absolute atomic E-state index is 0.101. The van der Waals surface area contributed by atoms with Crippen LogP contribution < -0.4 is 11.1 Å². The molecule has 1 aromatic carbocycles. The van der Waals surface area contributed by atoms with Gasteiger partial charge in [0.1, 0.15) is 5.82 Å². The zero-order valence-electron chi connectivity index (χ0n) is 9.72. The average Bonchev–Trinajstić information content (AvgIpc) is 2.26. The fraction of sp³-hybridized carbons (Fsp3) is 0.417. The average molecular weight is 259 g/mol. The zero-order chi connectivity index (χ0) is 12.8. The Morgan fingerprint density at radius 3 is 2.88 bits per heavy atom. The van der Waals surface area contributed by atoms with Crippen molar-refractivity contribution in [1.29, 1.82) is 0 Å². The molecule has 0 saturated carbocycles. The van der Waals surface area contributed by atoms with E-state index < -0.39 is 0 Å². The van der Waals surface area contributed by atoms with Crippen LogP contribution in [0.2, 0.25) is 5.02 Å². The van der Waals surface area contributed by atoms with Gasteiger partial charge in [0, 0.05) is 24.5 Å². The van der Waals surface area contributed by atoms with Crippen LogP contribution in [0.4, 0.5) is 4.39 Å². The van der Waals surface area contributed by atoms with Crippen molar-refractivity contribution in [3.8, 4) is 0 Å². The summed E-state index contributed by atoms with van der Waals surface area (Å²) < 4.78 is 13.3. The summed E-state index contributed by atoms with van der Waals surface area (Å²) in [5, 5.41) is 3.22. The van der Waals surface area contributed by atoms with Gasteiger partial charge in [0.05, 0.1) is 0 Å². The lowest BCUT2D eigenvalue weighted by Crippen LogP contribution is -2.27. The molecule has 1 rings (SSSR count). The summed E-state index contributed by atoms with van der Waals surface area (Å²) in [6.45, 7) is 2.42. The van der Waals surface area contributed by atoms with Gasteiger partial charge in [-0.2, -0.15) is 0 Å². The second-order valence-corrected chi connectivity index (χ2v) is 4.24. The van der Waals surface area contributed by atoms with Gasteiger partial charge in [0.2, 0.25) is 5.91 Å². The Bertz CT molecular complexity index is 410. The van der Waals surface area contributed by atoms with E-state index in [1.165, 1.54) is 6.07 Å². The number of nitrogens with two attached hydrogens (primary N) is 1. The number of rotatable bonds is 5. The summed E-state index contributed by atoms with van der Waals surface area (Å²) in [6, 6.07) is 3.00. The Kier molecular flexibility index (Phi) is 5.38. The number of hydrogen-bond acceptors (Lipinski definition) is 2. The highest BCUT2D eigenvalue weighted by Crippen LogP contribution is 2.20. The quantitative estimate of drug-likeness (QED) is 0.846. The van der Waals surface area contributed by atoms with Crippen LogP contribution in [0.5, 0.6) is 0 Å². The van der Waals surface area contributed by atoms with E-state index in [4.69, 9.17) is 17.3 Å². The monoisotopic (exact) mass is 258 g/mol. The molecule has 0 radical (unpaired) electrons. The minimum Gasteiger partial charge on any atom is -0.356 e. The normalized spacial score (nSPS) is 10.4. The molecule has 5 heteroatoms. The summed E-state index contributed by atoms with van der Waals surface area (Å²) in [5.74, 6) is -0.381. The SMILES string of the molecule is Cc1cc(Cl)c(CCNC(=O)CCN)cc1F. The number of carbonyl (C=O) groups excluding carboxylic acids is 1. The summed E-state index contributed by atoms with van der Waals surface area (Å²) in [4.78, 5) is 11.1. The predicted octanol–water partition coefficient (Wildman–Crippen LogP) is 1.80. The van der Waals surface area contributed by atoms with Crippen LogP contribution in [-0.2, 0) is 11.2 Å². The number of aryl methyl sites for hydroxylation is 1. The fourth-order valence-corrected chi connectivity index (χ4v) is 1.75.